The lowest BCUT2D eigenvalue weighted by Crippen LogP contribution is -2.46. The number of rotatable bonds is 4. The predicted molar refractivity (Wildman–Crippen MR) is 85.3 cm³/mol. The lowest BCUT2D eigenvalue weighted by atomic mass is 9.77. The summed E-state index contributed by atoms with van der Waals surface area (Å²) in [6, 6.07) is 4.91. The molecule has 6 heteroatoms. The number of amides is 1. The van der Waals surface area contributed by atoms with Gasteiger partial charge in [-0.25, -0.2) is 4.39 Å². The van der Waals surface area contributed by atoms with E-state index in [0.29, 0.717) is 29.3 Å². The van der Waals surface area contributed by atoms with E-state index in [-0.39, 0.29) is 6.42 Å². The predicted octanol–water partition coefficient (Wildman–Crippen LogP) is 3.84. The second kappa shape index (κ2) is 6.11. The zero-order valence-corrected chi connectivity index (χ0v) is 13.7. The summed E-state index contributed by atoms with van der Waals surface area (Å²) in [5.41, 5.74) is -0.980. The van der Waals surface area contributed by atoms with Crippen molar-refractivity contribution in [1.29, 1.82) is 0 Å². The maximum Gasteiger partial charge on any atom is 0.309 e. The number of anilines is 1. The van der Waals surface area contributed by atoms with Crippen LogP contribution < -0.4 is 5.32 Å². The highest BCUT2D eigenvalue weighted by Crippen LogP contribution is 2.54. The third-order valence-electron chi connectivity index (χ3n) is 4.73. The molecule has 23 heavy (non-hydrogen) atoms. The molecule has 0 radical (unpaired) electrons. The zero-order valence-electron chi connectivity index (χ0n) is 12.9. The molecule has 1 N–H and O–H groups in total. The van der Waals surface area contributed by atoms with Crippen molar-refractivity contribution in [2.75, 3.05) is 11.9 Å². The van der Waals surface area contributed by atoms with Gasteiger partial charge in [-0.2, -0.15) is 0 Å². The molecule has 1 saturated carbocycles. The number of unbranched alkanes of at least 4 members (excludes halogenated alkanes) is 1. The Labute approximate surface area is 139 Å². The van der Waals surface area contributed by atoms with E-state index in [0.717, 1.165) is 12.8 Å². The first-order valence-corrected chi connectivity index (χ1v) is 8.31. The highest BCUT2D eigenvalue weighted by Gasteiger charge is 2.60. The smallest absolute Gasteiger partial charge is 0.309 e. The van der Waals surface area contributed by atoms with Crippen LogP contribution in [0.2, 0.25) is 5.02 Å². The summed E-state index contributed by atoms with van der Waals surface area (Å²) < 4.78 is 20.6. The SMILES string of the molecule is CCCCOC(=O)C1CCC2(F)C(=O)Nc3ccc(Cl)cc3C12. The van der Waals surface area contributed by atoms with Crippen LogP contribution in [0, 0.1) is 5.92 Å². The molecule has 1 aliphatic heterocycles. The van der Waals surface area contributed by atoms with Crippen molar-refractivity contribution < 1.29 is 18.7 Å². The standard InChI is InChI=1S/C17H19ClFNO3/c1-2-3-8-23-15(21)11-6-7-17(19)14(11)12-9-10(18)4-5-13(12)20-16(17)22/h4-5,9,11,14H,2-3,6-8H2,1H3,(H,20,22). The summed E-state index contributed by atoms with van der Waals surface area (Å²) in [5, 5.41) is 3.04. The van der Waals surface area contributed by atoms with Crippen LogP contribution in [0.5, 0.6) is 0 Å². The fraction of sp³-hybridized carbons (Fsp3) is 0.529. The lowest BCUT2D eigenvalue weighted by Gasteiger charge is -2.35. The molecule has 4 nitrogen and oxygen atoms in total. The summed E-state index contributed by atoms with van der Waals surface area (Å²) in [4.78, 5) is 24.6. The molecule has 3 atom stereocenters. The third-order valence-corrected chi connectivity index (χ3v) is 4.97. The van der Waals surface area contributed by atoms with Crippen LogP contribution >= 0.6 is 11.6 Å². The van der Waals surface area contributed by atoms with Crippen molar-refractivity contribution in [1.82, 2.24) is 0 Å². The van der Waals surface area contributed by atoms with Gasteiger partial charge in [0.05, 0.1) is 12.5 Å². The summed E-state index contributed by atoms with van der Waals surface area (Å²) in [6.45, 7) is 2.33. The molecule has 3 unspecified atom stereocenters. The molecule has 1 aliphatic carbocycles. The Hall–Kier alpha value is -1.62. The maximum atomic E-state index is 15.3. The number of hydrogen-bond donors (Lipinski definition) is 1. The number of ether oxygens (including phenoxy) is 1. The molecular formula is C17H19ClFNO3. The summed E-state index contributed by atoms with van der Waals surface area (Å²) in [7, 11) is 0. The van der Waals surface area contributed by atoms with Gasteiger partial charge in [-0.3, -0.25) is 9.59 Å². The van der Waals surface area contributed by atoms with Crippen LogP contribution in [0.1, 0.15) is 44.1 Å². The lowest BCUT2D eigenvalue weighted by molar-refractivity contribution is -0.149. The molecular weight excluding hydrogens is 321 g/mol. The number of nitrogens with one attached hydrogen (secondary N) is 1. The number of esters is 1. The number of benzene rings is 1. The fourth-order valence-electron chi connectivity index (χ4n) is 3.53. The summed E-state index contributed by atoms with van der Waals surface area (Å²) >= 11 is 6.03. The van der Waals surface area contributed by atoms with Crippen molar-refractivity contribution in [3.8, 4) is 0 Å². The molecule has 0 bridgehead atoms. The summed E-state index contributed by atoms with van der Waals surface area (Å²) in [6.07, 6.45) is 2.00. The number of halogens is 2. The zero-order chi connectivity index (χ0) is 16.6. The van der Waals surface area contributed by atoms with Gasteiger partial charge in [-0.05, 0) is 43.0 Å². The first kappa shape index (κ1) is 16.2. The molecule has 0 saturated heterocycles. The van der Waals surface area contributed by atoms with Crippen molar-refractivity contribution in [2.45, 2.75) is 44.2 Å². The molecule has 2 aliphatic rings. The van der Waals surface area contributed by atoms with Gasteiger partial charge >= 0.3 is 5.97 Å². The Kier molecular flexibility index (Phi) is 4.32. The monoisotopic (exact) mass is 339 g/mol. The van der Waals surface area contributed by atoms with Crippen molar-refractivity contribution >= 4 is 29.2 Å². The number of carbonyl (C=O) groups is 2. The Morgan fingerprint density at radius 1 is 1.52 bits per heavy atom. The second-order valence-corrected chi connectivity index (χ2v) is 6.63. The fourth-order valence-corrected chi connectivity index (χ4v) is 3.71. The van der Waals surface area contributed by atoms with Gasteiger partial charge in [0, 0.05) is 16.6 Å². The first-order valence-electron chi connectivity index (χ1n) is 7.94. The molecule has 3 rings (SSSR count). The van der Waals surface area contributed by atoms with Crippen LogP contribution in [0.25, 0.3) is 0 Å². The summed E-state index contributed by atoms with van der Waals surface area (Å²) in [5.74, 6) is -2.59. The van der Waals surface area contributed by atoms with E-state index in [1.807, 2.05) is 6.92 Å². The number of hydrogen-bond acceptors (Lipinski definition) is 3. The second-order valence-electron chi connectivity index (χ2n) is 6.19. The third kappa shape index (κ3) is 2.71. The Balaban J connectivity index is 1.94. The molecule has 1 amide bonds. The van der Waals surface area contributed by atoms with Crippen LogP contribution in [-0.2, 0) is 14.3 Å². The average molecular weight is 340 g/mol. The quantitative estimate of drug-likeness (QED) is 0.670. The van der Waals surface area contributed by atoms with E-state index >= 15 is 4.39 Å². The van der Waals surface area contributed by atoms with Gasteiger partial charge in [0.25, 0.3) is 5.91 Å². The van der Waals surface area contributed by atoms with Gasteiger partial charge < -0.3 is 10.1 Å². The molecule has 1 heterocycles. The van der Waals surface area contributed by atoms with Crippen LogP contribution in [0.3, 0.4) is 0 Å². The van der Waals surface area contributed by atoms with Gasteiger partial charge in [-0.1, -0.05) is 24.9 Å². The van der Waals surface area contributed by atoms with Crippen LogP contribution in [0.4, 0.5) is 10.1 Å². The van der Waals surface area contributed by atoms with Gasteiger partial charge in [0.2, 0.25) is 0 Å². The number of alkyl halides is 1. The van der Waals surface area contributed by atoms with E-state index in [9.17, 15) is 9.59 Å². The maximum absolute atomic E-state index is 15.3. The van der Waals surface area contributed by atoms with Crippen molar-refractivity contribution in [3.05, 3.63) is 28.8 Å². The molecule has 1 fully saturated rings. The Morgan fingerprint density at radius 2 is 2.30 bits per heavy atom. The normalized spacial score (nSPS) is 28.7. The van der Waals surface area contributed by atoms with E-state index < -0.39 is 29.4 Å². The largest absolute Gasteiger partial charge is 0.465 e. The van der Waals surface area contributed by atoms with Gasteiger partial charge in [-0.15, -0.1) is 0 Å². The van der Waals surface area contributed by atoms with Crippen LogP contribution in [0.15, 0.2) is 18.2 Å². The van der Waals surface area contributed by atoms with E-state index in [2.05, 4.69) is 5.32 Å². The Bertz CT molecular complexity index is 651. The number of fused-ring (bicyclic) bond motifs is 3. The van der Waals surface area contributed by atoms with Crippen molar-refractivity contribution in [3.63, 3.8) is 0 Å². The van der Waals surface area contributed by atoms with Crippen LogP contribution in [-0.4, -0.2) is 24.2 Å². The molecule has 1 aromatic rings. The van der Waals surface area contributed by atoms with E-state index in [1.165, 1.54) is 0 Å². The minimum absolute atomic E-state index is 0.0169. The minimum atomic E-state index is -2.08. The van der Waals surface area contributed by atoms with Gasteiger partial charge in [0.1, 0.15) is 0 Å². The topological polar surface area (TPSA) is 55.4 Å². The van der Waals surface area contributed by atoms with Gasteiger partial charge in [0.15, 0.2) is 5.67 Å². The Morgan fingerprint density at radius 3 is 3.04 bits per heavy atom. The average Bonchev–Trinajstić information content (AvgIpc) is 2.88. The highest BCUT2D eigenvalue weighted by atomic mass is 35.5. The first-order chi connectivity index (χ1) is 11.0. The van der Waals surface area contributed by atoms with Crippen molar-refractivity contribution in [2.24, 2.45) is 5.92 Å². The molecule has 0 spiro atoms. The van der Waals surface area contributed by atoms with E-state index in [4.69, 9.17) is 16.3 Å². The highest BCUT2D eigenvalue weighted by molar-refractivity contribution is 6.30. The molecule has 1 aromatic carbocycles. The number of carbonyl (C=O) groups excluding carboxylic acids is 2. The minimum Gasteiger partial charge on any atom is -0.465 e. The molecule has 0 aromatic heterocycles. The van der Waals surface area contributed by atoms with E-state index in [1.54, 1.807) is 18.2 Å². The molecule has 124 valence electrons.